The van der Waals surface area contributed by atoms with Crippen molar-refractivity contribution >= 4 is 28.9 Å². The molecule has 0 spiro atoms. The average molecular weight is 405 g/mol. The van der Waals surface area contributed by atoms with Crippen molar-refractivity contribution in [1.82, 2.24) is 0 Å². The number of aryl methyl sites for hydroxylation is 1. The van der Waals surface area contributed by atoms with Gasteiger partial charge in [-0.25, -0.2) is 9.18 Å². The summed E-state index contributed by atoms with van der Waals surface area (Å²) in [5, 5.41) is 25.1. The Bertz CT molecular complexity index is 934. The van der Waals surface area contributed by atoms with Crippen molar-refractivity contribution in [2.45, 2.75) is 20.0 Å². The van der Waals surface area contributed by atoms with Crippen LogP contribution in [0.15, 0.2) is 36.4 Å². The Hall–Kier alpha value is -3.53. The summed E-state index contributed by atoms with van der Waals surface area (Å²) in [6.07, 6.45) is -1.25. The number of rotatable bonds is 8. The zero-order valence-corrected chi connectivity index (χ0v) is 15.8. The average Bonchev–Trinajstić information content (AvgIpc) is 2.68. The van der Waals surface area contributed by atoms with E-state index in [1.807, 2.05) is 0 Å². The van der Waals surface area contributed by atoms with E-state index in [4.69, 9.17) is 9.84 Å². The lowest BCUT2D eigenvalue weighted by Gasteiger charge is -2.16. The van der Waals surface area contributed by atoms with Crippen LogP contribution in [0.3, 0.4) is 0 Å². The first-order chi connectivity index (χ1) is 13.7. The number of carbonyl (C=O) groups excluding carboxylic acids is 2. The Kier molecular flexibility index (Phi) is 7.21. The maximum atomic E-state index is 13.6. The largest absolute Gasteiger partial charge is 0.449 e. The van der Waals surface area contributed by atoms with Gasteiger partial charge in [-0.2, -0.15) is 0 Å². The van der Waals surface area contributed by atoms with E-state index in [9.17, 15) is 24.1 Å². The van der Waals surface area contributed by atoms with Crippen molar-refractivity contribution in [1.29, 1.82) is 0 Å². The van der Waals surface area contributed by atoms with Gasteiger partial charge in [0.25, 0.3) is 11.6 Å². The molecule has 2 aromatic carbocycles. The summed E-state index contributed by atoms with van der Waals surface area (Å²) < 4.78 is 18.7. The number of nitro groups is 1. The number of non-ortho nitro benzene ring substituents is 1. The molecule has 10 heteroatoms. The highest BCUT2D eigenvalue weighted by Gasteiger charge is 2.23. The quantitative estimate of drug-likeness (QED) is 0.349. The molecular weight excluding hydrogens is 385 g/mol. The summed E-state index contributed by atoms with van der Waals surface area (Å²) in [5.74, 6) is -2.16. The number of nitro benzene ring substituents is 1. The van der Waals surface area contributed by atoms with Crippen molar-refractivity contribution in [3.8, 4) is 0 Å². The first-order valence-electron chi connectivity index (χ1n) is 8.64. The van der Waals surface area contributed by atoms with Crippen molar-refractivity contribution in [3.05, 3.63) is 63.5 Å². The van der Waals surface area contributed by atoms with Gasteiger partial charge in [0.1, 0.15) is 5.82 Å². The first-order valence-corrected chi connectivity index (χ1v) is 8.64. The van der Waals surface area contributed by atoms with Gasteiger partial charge < -0.3 is 20.5 Å². The predicted molar refractivity (Wildman–Crippen MR) is 103 cm³/mol. The van der Waals surface area contributed by atoms with Gasteiger partial charge in [0.15, 0.2) is 6.10 Å². The van der Waals surface area contributed by atoms with Crippen LogP contribution in [0.5, 0.6) is 0 Å². The Labute approximate surface area is 165 Å². The minimum atomic E-state index is -1.25. The lowest BCUT2D eigenvalue weighted by molar-refractivity contribution is -0.384. The minimum Gasteiger partial charge on any atom is -0.449 e. The highest BCUT2D eigenvalue weighted by atomic mass is 19.1. The van der Waals surface area contributed by atoms with E-state index in [0.717, 1.165) is 12.1 Å². The van der Waals surface area contributed by atoms with E-state index >= 15 is 0 Å². The molecule has 29 heavy (non-hydrogen) atoms. The summed E-state index contributed by atoms with van der Waals surface area (Å²) in [5.41, 5.74) is 0.327. The van der Waals surface area contributed by atoms with Gasteiger partial charge in [0.2, 0.25) is 0 Å². The summed E-state index contributed by atoms with van der Waals surface area (Å²) in [6.45, 7) is 2.77. The molecule has 0 radical (unpaired) electrons. The maximum Gasteiger partial charge on any atom is 0.341 e. The molecule has 9 nitrogen and oxygen atoms in total. The van der Waals surface area contributed by atoms with E-state index in [0.29, 0.717) is 5.56 Å². The second-order valence-electron chi connectivity index (χ2n) is 6.14. The predicted octanol–water partition coefficient (Wildman–Crippen LogP) is 2.63. The number of nitrogens with one attached hydrogen (secondary N) is 2. The zero-order valence-electron chi connectivity index (χ0n) is 15.8. The van der Waals surface area contributed by atoms with E-state index in [2.05, 4.69) is 10.6 Å². The Balaban J connectivity index is 2.14. The van der Waals surface area contributed by atoms with Gasteiger partial charge in [-0.15, -0.1) is 0 Å². The molecule has 0 aromatic heterocycles. The van der Waals surface area contributed by atoms with E-state index in [-0.39, 0.29) is 35.8 Å². The number of halogens is 1. The van der Waals surface area contributed by atoms with Gasteiger partial charge in [-0.1, -0.05) is 6.07 Å². The van der Waals surface area contributed by atoms with Crippen LogP contribution in [-0.4, -0.2) is 41.2 Å². The smallest absolute Gasteiger partial charge is 0.341 e. The number of benzene rings is 2. The molecule has 0 fully saturated rings. The molecule has 1 amide bonds. The molecule has 0 aliphatic heterocycles. The highest BCUT2D eigenvalue weighted by Crippen LogP contribution is 2.23. The summed E-state index contributed by atoms with van der Waals surface area (Å²) >= 11 is 0. The third-order valence-electron chi connectivity index (χ3n) is 3.95. The van der Waals surface area contributed by atoms with Crippen LogP contribution in [0.25, 0.3) is 0 Å². The summed E-state index contributed by atoms with van der Waals surface area (Å²) in [6, 6.07) is 7.65. The van der Waals surface area contributed by atoms with Crippen LogP contribution in [0, 0.1) is 22.9 Å². The molecular formula is C19H20FN3O6. The summed E-state index contributed by atoms with van der Waals surface area (Å²) in [4.78, 5) is 35.0. The number of anilines is 2. The highest BCUT2D eigenvalue weighted by molar-refractivity contribution is 6.00. The SMILES string of the molecule is Cc1ccc(NC(=O)[C@H](C)OC(=O)c2cc([N+](=O)[O-])ccc2NCCO)cc1F. The van der Waals surface area contributed by atoms with Gasteiger partial charge in [0, 0.05) is 30.1 Å². The first kappa shape index (κ1) is 21.8. The Morgan fingerprint density at radius 2 is 2.00 bits per heavy atom. The Morgan fingerprint density at radius 3 is 2.62 bits per heavy atom. The van der Waals surface area contributed by atoms with Crippen molar-refractivity contribution in [2.75, 3.05) is 23.8 Å². The fraction of sp³-hybridized carbons (Fsp3) is 0.263. The van der Waals surface area contributed by atoms with Crippen molar-refractivity contribution < 1.29 is 28.7 Å². The number of amides is 1. The second-order valence-corrected chi connectivity index (χ2v) is 6.14. The monoisotopic (exact) mass is 405 g/mol. The van der Waals surface area contributed by atoms with Gasteiger partial charge in [0.05, 0.1) is 17.1 Å². The van der Waals surface area contributed by atoms with E-state index in [1.54, 1.807) is 6.92 Å². The van der Waals surface area contributed by atoms with Gasteiger partial charge in [-0.3, -0.25) is 14.9 Å². The molecule has 0 saturated carbocycles. The standard InChI is InChI=1S/C19H20FN3O6/c1-11-3-4-13(9-16(11)20)22-18(25)12(2)29-19(26)15-10-14(23(27)28)5-6-17(15)21-7-8-24/h3-6,9-10,12,21,24H,7-8H2,1-2H3,(H,22,25)/t12-/m0/s1. The van der Waals surface area contributed by atoms with Crippen LogP contribution in [0.4, 0.5) is 21.5 Å². The minimum absolute atomic E-state index is 0.104. The van der Waals surface area contributed by atoms with E-state index in [1.165, 1.54) is 31.2 Å². The Morgan fingerprint density at radius 1 is 1.28 bits per heavy atom. The van der Waals surface area contributed by atoms with Crippen LogP contribution in [-0.2, 0) is 9.53 Å². The fourth-order valence-electron chi connectivity index (χ4n) is 2.35. The fourth-order valence-corrected chi connectivity index (χ4v) is 2.35. The molecule has 0 saturated heterocycles. The number of aliphatic hydroxyl groups excluding tert-OH is 1. The molecule has 1 atom stereocenters. The number of hydrogen-bond donors (Lipinski definition) is 3. The molecule has 2 rings (SSSR count). The third kappa shape index (κ3) is 5.72. The van der Waals surface area contributed by atoms with Crippen LogP contribution in [0.2, 0.25) is 0 Å². The number of aliphatic hydroxyl groups is 1. The summed E-state index contributed by atoms with van der Waals surface area (Å²) in [7, 11) is 0. The molecule has 0 aliphatic rings. The molecule has 3 N–H and O–H groups in total. The lowest BCUT2D eigenvalue weighted by atomic mass is 10.1. The second kappa shape index (κ2) is 9.60. The molecule has 0 heterocycles. The maximum absolute atomic E-state index is 13.6. The number of hydrogen-bond acceptors (Lipinski definition) is 7. The number of carbonyl (C=O) groups is 2. The molecule has 0 aliphatic carbocycles. The third-order valence-corrected chi connectivity index (χ3v) is 3.95. The topological polar surface area (TPSA) is 131 Å². The van der Waals surface area contributed by atoms with Crippen LogP contribution >= 0.6 is 0 Å². The van der Waals surface area contributed by atoms with Gasteiger partial charge >= 0.3 is 5.97 Å². The lowest BCUT2D eigenvalue weighted by Crippen LogP contribution is -2.30. The molecule has 154 valence electrons. The van der Waals surface area contributed by atoms with Crippen LogP contribution < -0.4 is 10.6 Å². The van der Waals surface area contributed by atoms with Gasteiger partial charge in [-0.05, 0) is 37.6 Å². The zero-order chi connectivity index (χ0) is 21.6. The normalized spacial score (nSPS) is 11.4. The number of esters is 1. The molecule has 0 bridgehead atoms. The number of nitrogens with zero attached hydrogens (tertiary/aromatic N) is 1. The number of ether oxygens (including phenoxy) is 1. The van der Waals surface area contributed by atoms with Crippen molar-refractivity contribution in [3.63, 3.8) is 0 Å². The van der Waals surface area contributed by atoms with Crippen molar-refractivity contribution in [2.24, 2.45) is 0 Å². The van der Waals surface area contributed by atoms with E-state index < -0.39 is 28.7 Å². The molecule has 0 unspecified atom stereocenters. The van der Waals surface area contributed by atoms with Crippen LogP contribution in [0.1, 0.15) is 22.8 Å². The molecule has 2 aromatic rings.